The van der Waals surface area contributed by atoms with Crippen molar-refractivity contribution < 1.29 is 0 Å². The van der Waals surface area contributed by atoms with E-state index in [1.54, 1.807) is 4.68 Å². The molecule has 0 bridgehead atoms. The molecule has 0 aliphatic carbocycles. The first kappa shape index (κ1) is 13.5. The molecule has 0 saturated carbocycles. The van der Waals surface area contributed by atoms with Gasteiger partial charge in [0.2, 0.25) is 0 Å². The molecule has 108 valence electrons. The third-order valence-corrected chi connectivity index (χ3v) is 3.64. The summed E-state index contributed by atoms with van der Waals surface area (Å²) in [5.41, 5.74) is 8.79. The Hall–Kier alpha value is -2.52. The molecule has 0 radical (unpaired) electrons. The molecule has 4 N–H and O–H groups in total. The van der Waals surface area contributed by atoms with Crippen LogP contribution >= 0.6 is 0 Å². The van der Waals surface area contributed by atoms with Crippen molar-refractivity contribution in [3.8, 4) is 6.07 Å². The molecule has 1 saturated heterocycles. The number of anilines is 2. The summed E-state index contributed by atoms with van der Waals surface area (Å²) in [6, 6.07) is 10.6. The number of hydrogen-bond donors (Lipinski definition) is 3. The van der Waals surface area contributed by atoms with Crippen LogP contribution in [-0.4, -0.2) is 28.9 Å². The predicted octanol–water partition coefficient (Wildman–Crippen LogP) is 1.08. The first-order valence-corrected chi connectivity index (χ1v) is 6.96. The third kappa shape index (κ3) is 2.69. The number of nitrogens with one attached hydrogen (secondary N) is 2. The Morgan fingerprint density at radius 1 is 1.52 bits per heavy atom. The highest BCUT2D eigenvalue weighted by atomic mass is 15.4. The number of rotatable bonds is 4. The molecule has 2 aromatic rings. The van der Waals surface area contributed by atoms with Gasteiger partial charge in [0.1, 0.15) is 17.5 Å². The number of nitriles is 1. The maximum absolute atomic E-state index is 9.29. The summed E-state index contributed by atoms with van der Waals surface area (Å²) in [5, 5.41) is 20.2. The van der Waals surface area contributed by atoms with Crippen LogP contribution in [0.2, 0.25) is 0 Å². The second kappa shape index (κ2) is 5.46. The zero-order valence-electron chi connectivity index (χ0n) is 11.9. The van der Waals surface area contributed by atoms with Gasteiger partial charge < -0.3 is 16.4 Å². The fraction of sp³-hybridized carbons (Fsp3) is 0.333. The molecule has 2 heterocycles. The summed E-state index contributed by atoms with van der Waals surface area (Å²) in [7, 11) is 0. The number of nitrogens with zero attached hydrogens (tertiary/aromatic N) is 3. The van der Waals surface area contributed by atoms with Gasteiger partial charge in [0.05, 0.1) is 12.6 Å². The lowest BCUT2D eigenvalue weighted by Crippen LogP contribution is -2.51. The van der Waals surface area contributed by atoms with E-state index >= 15 is 0 Å². The quantitative estimate of drug-likeness (QED) is 0.780. The van der Waals surface area contributed by atoms with E-state index in [-0.39, 0.29) is 0 Å². The van der Waals surface area contributed by atoms with Gasteiger partial charge in [-0.25, -0.2) is 4.68 Å². The van der Waals surface area contributed by atoms with E-state index in [9.17, 15) is 5.26 Å². The molecule has 0 amide bonds. The topological polar surface area (TPSA) is 91.7 Å². The highest BCUT2D eigenvalue weighted by Gasteiger charge is 2.22. The van der Waals surface area contributed by atoms with Crippen molar-refractivity contribution in [2.45, 2.75) is 19.5 Å². The van der Waals surface area contributed by atoms with E-state index in [4.69, 9.17) is 5.73 Å². The first-order valence-electron chi connectivity index (χ1n) is 6.96. The van der Waals surface area contributed by atoms with Gasteiger partial charge in [-0.15, -0.1) is 0 Å². The van der Waals surface area contributed by atoms with Gasteiger partial charge in [-0.05, 0) is 12.5 Å². The second-order valence-electron chi connectivity index (χ2n) is 5.37. The van der Waals surface area contributed by atoms with Crippen LogP contribution in [0.1, 0.15) is 16.7 Å². The summed E-state index contributed by atoms with van der Waals surface area (Å²) in [5.74, 6) is 0.989. The van der Waals surface area contributed by atoms with E-state index in [2.05, 4.69) is 27.9 Å². The molecule has 0 unspecified atom stereocenters. The van der Waals surface area contributed by atoms with Gasteiger partial charge in [-0.3, -0.25) is 0 Å². The normalized spacial score (nSPS) is 14.5. The summed E-state index contributed by atoms with van der Waals surface area (Å²) < 4.78 is 1.68. The van der Waals surface area contributed by atoms with E-state index in [1.165, 1.54) is 5.56 Å². The molecule has 0 spiro atoms. The Labute approximate surface area is 123 Å². The molecule has 1 aliphatic heterocycles. The summed E-state index contributed by atoms with van der Waals surface area (Å²) in [6.45, 7) is 4.38. The van der Waals surface area contributed by atoms with Crippen LogP contribution in [0.4, 0.5) is 11.6 Å². The van der Waals surface area contributed by atoms with E-state index < -0.39 is 0 Å². The van der Waals surface area contributed by atoms with Gasteiger partial charge in [0.25, 0.3) is 0 Å². The minimum atomic E-state index is 0.318. The number of aromatic nitrogens is 2. The molecule has 1 aromatic heterocycles. The first-order chi connectivity index (χ1) is 10.2. The summed E-state index contributed by atoms with van der Waals surface area (Å²) >= 11 is 0. The molecule has 6 nitrogen and oxygen atoms in total. The van der Waals surface area contributed by atoms with Crippen LogP contribution < -0.4 is 16.4 Å². The van der Waals surface area contributed by atoms with Crippen molar-refractivity contribution in [2.24, 2.45) is 0 Å². The van der Waals surface area contributed by atoms with Crippen molar-refractivity contribution in [1.29, 1.82) is 5.26 Å². The second-order valence-corrected chi connectivity index (χ2v) is 5.37. The lowest BCUT2D eigenvalue weighted by atomic mass is 10.1. The van der Waals surface area contributed by atoms with E-state index in [0.29, 0.717) is 29.8 Å². The highest BCUT2D eigenvalue weighted by molar-refractivity contribution is 5.64. The lowest BCUT2D eigenvalue weighted by molar-refractivity contribution is 0.470. The Balaban J connectivity index is 1.86. The highest BCUT2D eigenvalue weighted by Crippen LogP contribution is 2.23. The van der Waals surface area contributed by atoms with Crippen molar-refractivity contribution in [3.63, 3.8) is 0 Å². The largest absolute Gasteiger partial charge is 0.383 e. The molecular weight excluding hydrogens is 264 g/mol. The number of aryl methyl sites for hydroxylation is 1. The fourth-order valence-corrected chi connectivity index (χ4v) is 2.37. The van der Waals surface area contributed by atoms with Gasteiger partial charge in [-0.1, -0.05) is 29.8 Å². The molecule has 1 fully saturated rings. The van der Waals surface area contributed by atoms with E-state index in [0.717, 1.165) is 18.7 Å². The minimum absolute atomic E-state index is 0.318. The molecule has 3 rings (SSSR count). The van der Waals surface area contributed by atoms with Gasteiger partial charge >= 0.3 is 0 Å². The Morgan fingerprint density at radius 3 is 2.95 bits per heavy atom. The third-order valence-electron chi connectivity index (χ3n) is 3.64. The van der Waals surface area contributed by atoms with Gasteiger partial charge in [-0.2, -0.15) is 10.4 Å². The van der Waals surface area contributed by atoms with Crippen molar-refractivity contribution in [3.05, 3.63) is 41.0 Å². The van der Waals surface area contributed by atoms with Crippen molar-refractivity contribution in [1.82, 2.24) is 15.1 Å². The standard InChI is InChI=1S/C15H18N6/c1-10-3-2-4-11(5-10)9-21-14(17)13(6-16)15(20-21)19-12-7-18-8-12/h2-5,12,18H,7-9,17H2,1H3,(H,19,20). The SMILES string of the molecule is Cc1cccc(Cn2nc(NC3CNC3)c(C#N)c2N)c1. The van der Waals surface area contributed by atoms with Crippen molar-refractivity contribution in [2.75, 3.05) is 24.1 Å². The summed E-state index contributed by atoms with van der Waals surface area (Å²) in [6.07, 6.45) is 0. The monoisotopic (exact) mass is 282 g/mol. The predicted molar refractivity (Wildman–Crippen MR) is 81.9 cm³/mol. The van der Waals surface area contributed by atoms with Crippen LogP contribution in [0.25, 0.3) is 0 Å². The van der Waals surface area contributed by atoms with Gasteiger partial charge in [0, 0.05) is 13.1 Å². The Morgan fingerprint density at radius 2 is 2.33 bits per heavy atom. The van der Waals surface area contributed by atoms with Crippen LogP contribution in [0, 0.1) is 18.3 Å². The average molecular weight is 282 g/mol. The summed E-state index contributed by atoms with van der Waals surface area (Å²) in [4.78, 5) is 0. The number of benzene rings is 1. The number of nitrogen functional groups attached to an aromatic ring is 1. The van der Waals surface area contributed by atoms with Crippen molar-refractivity contribution >= 4 is 11.6 Å². The van der Waals surface area contributed by atoms with Crippen LogP contribution in [0.15, 0.2) is 24.3 Å². The van der Waals surface area contributed by atoms with Crippen LogP contribution in [0.5, 0.6) is 0 Å². The Bertz CT molecular complexity index is 693. The molecule has 21 heavy (non-hydrogen) atoms. The lowest BCUT2D eigenvalue weighted by Gasteiger charge is -2.27. The average Bonchev–Trinajstić information content (AvgIpc) is 2.70. The Kier molecular flexibility index (Phi) is 3.50. The van der Waals surface area contributed by atoms with Gasteiger partial charge in [0.15, 0.2) is 5.82 Å². The molecule has 1 aliphatic rings. The maximum atomic E-state index is 9.29. The smallest absolute Gasteiger partial charge is 0.168 e. The zero-order valence-corrected chi connectivity index (χ0v) is 11.9. The molecule has 6 heteroatoms. The minimum Gasteiger partial charge on any atom is -0.383 e. The maximum Gasteiger partial charge on any atom is 0.168 e. The van der Waals surface area contributed by atoms with E-state index in [1.807, 2.05) is 25.1 Å². The molecule has 0 atom stereocenters. The number of hydrogen-bond acceptors (Lipinski definition) is 5. The molecular formula is C15H18N6. The molecule has 1 aromatic carbocycles. The zero-order chi connectivity index (χ0) is 14.8. The fourth-order valence-electron chi connectivity index (χ4n) is 2.37. The van der Waals surface area contributed by atoms with Crippen LogP contribution in [0.3, 0.4) is 0 Å². The number of nitrogens with two attached hydrogens (primary N) is 1. The van der Waals surface area contributed by atoms with Crippen LogP contribution in [-0.2, 0) is 6.54 Å².